The van der Waals surface area contributed by atoms with Crippen LogP contribution >= 0.6 is 0 Å². The summed E-state index contributed by atoms with van der Waals surface area (Å²) in [5.41, 5.74) is 8.34. The summed E-state index contributed by atoms with van der Waals surface area (Å²) < 4.78 is 2.01. The lowest BCUT2D eigenvalue weighted by Crippen LogP contribution is -2.30. The van der Waals surface area contributed by atoms with E-state index in [0.717, 1.165) is 40.2 Å². The lowest BCUT2D eigenvalue weighted by atomic mass is 9.98. The fourth-order valence-corrected chi connectivity index (χ4v) is 5.54. The Morgan fingerprint density at radius 3 is 2.43 bits per heavy atom. The Labute approximate surface area is 246 Å². The zero-order valence-corrected chi connectivity index (χ0v) is 23.8. The normalized spacial score (nSPS) is 12.4. The summed E-state index contributed by atoms with van der Waals surface area (Å²) in [5, 5.41) is 3.01. The van der Waals surface area contributed by atoms with Gasteiger partial charge in [0.2, 0.25) is 0 Å². The van der Waals surface area contributed by atoms with E-state index in [9.17, 15) is 9.59 Å². The summed E-state index contributed by atoms with van der Waals surface area (Å²) in [5.74, 6) is -0.236. The number of aromatic nitrogens is 2. The molecule has 7 nitrogen and oxygen atoms in total. The van der Waals surface area contributed by atoms with Gasteiger partial charge >= 0.3 is 0 Å². The number of para-hydroxylation sites is 1. The van der Waals surface area contributed by atoms with Gasteiger partial charge in [-0.1, -0.05) is 60.7 Å². The number of fused-ring (bicyclic) bond motifs is 2. The van der Waals surface area contributed by atoms with Gasteiger partial charge in [0.05, 0.1) is 13.1 Å². The second kappa shape index (κ2) is 11.8. The summed E-state index contributed by atoms with van der Waals surface area (Å²) in [6, 6.07) is 31.7. The van der Waals surface area contributed by atoms with E-state index in [1.807, 2.05) is 88.3 Å². The number of amides is 2. The van der Waals surface area contributed by atoms with Gasteiger partial charge in [-0.15, -0.1) is 0 Å². The summed E-state index contributed by atoms with van der Waals surface area (Å²) in [7, 11) is 4.12. The number of carbonyl (C=O) groups is 2. The predicted molar refractivity (Wildman–Crippen MR) is 165 cm³/mol. The molecule has 0 unspecified atom stereocenters. The van der Waals surface area contributed by atoms with Crippen LogP contribution in [-0.2, 0) is 26.2 Å². The Kier molecular flexibility index (Phi) is 7.66. The van der Waals surface area contributed by atoms with Crippen molar-refractivity contribution < 1.29 is 9.59 Å². The van der Waals surface area contributed by atoms with Crippen LogP contribution in [0.25, 0.3) is 11.1 Å². The minimum Gasteiger partial charge on any atom is -0.347 e. The Bertz CT molecular complexity index is 1720. The first-order chi connectivity index (χ1) is 20.5. The third-order valence-corrected chi connectivity index (χ3v) is 7.60. The molecule has 210 valence electrons. The third-order valence-electron chi connectivity index (χ3n) is 7.60. The zero-order valence-electron chi connectivity index (χ0n) is 23.8. The molecule has 0 aliphatic carbocycles. The van der Waals surface area contributed by atoms with Gasteiger partial charge in [0.25, 0.3) is 11.8 Å². The monoisotopic (exact) mass is 555 g/mol. The highest BCUT2D eigenvalue weighted by Gasteiger charge is 2.27. The molecule has 1 aliphatic rings. The maximum atomic E-state index is 14.0. The highest BCUT2D eigenvalue weighted by molar-refractivity contribution is 6.07. The lowest BCUT2D eigenvalue weighted by molar-refractivity contribution is 0.0941. The van der Waals surface area contributed by atoms with Gasteiger partial charge < -0.3 is 19.7 Å². The Morgan fingerprint density at radius 1 is 0.857 bits per heavy atom. The van der Waals surface area contributed by atoms with Crippen molar-refractivity contribution in [3.63, 3.8) is 0 Å². The van der Waals surface area contributed by atoms with E-state index in [4.69, 9.17) is 0 Å². The van der Waals surface area contributed by atoms with Gasteiger partial charge in [-0.2, -0.15) is 0 Å². The van der Waals surface area contributed by atoms with Crippen molar-refractivity contribution in [2.45, 2.75) is 26.2 Å². The van der Waals surface area contributed by atoms with Crippen molar-refractivity contribution in [1.82, 2.24) is 19.8 Å². The van der Waals surface area contributed by atoms with Crippen molar-refractivity contribution in [3.05, 3.63) is 143 Å². The fourth-order valence-electron chi connectivity index (χ4n) is 5.54. The number of nitrogens with zero attached hydrogens (tertiary/aromatic N) is 4. The lowest BCUT2D eigenvalue weighted by Gasteiger charge is -2.23. The van der Waals surface area contributed by atoms with Crippen LogP contribution in [0.2, 0.25) is 0 Å². The Hall–Kier alpha value is -5.01. The van der Waals surface area contributed by atoms with Crippen LogP contribution in [0.5, 0.6) is 0 Å². The van der Waals surface area contributed by atoms with Crippen molar-refractivity contribution in [2.24, 2.45) is 0 Å². The predicted octanol–water partition coefficient (Wildman–Crippen LogP) is 5.75. The standard InChI is InChI=1S/C35H33N5O2/c1-38(2)22-28-9-3-5-11-31(28)26-13-15-27(16-14-26)35(42)40-24-30-17-18-33(34(41)37-21-25-8-7-19-36-20-25)39(30)23-29-10-4-6-12-32(29)40/h3-20H,21-24H2,1-2H3,(H,37,41). The van der Waals surface area contributed by atoms with E-state index in [2.05, 4.69) is 47.5 Å². The number of nitrogens with one attached hydrogen (secondary N) is 1. The highest BCUT2D eigenvalue weighted by Crippen LogP contribution is 2.31. The quantitative estimate of drug-likeness (QED) is 0.278. The molecule has 6 rings (SSSR count). The van der Waals surface area contributed by atoms with Crippen molar-refractivity contribution in [3.8, 4) is 11.1 Å². The summed E-state index contributed by atoms with van der Waals surface area (Å²) in [4.78, 5) is 35.3. The minimum atomic E-state index is -0.160. The minimum absolute atomic E-state index is 0.0761. The summed E-state index contributed by atoms with van der Waals surface area (Å²) in [6.07, 6.45) is 3.45. The second-order valence-corrected chi connectivity index (χ2v) is 10.8. The molecule has 3 aromatic carbocycles. The molecule has 0 spiro atoms. The van der Waals surface area contributed by atoms with Gasteiger partial charge in [0.1, 0.15) is 5.69 Å². The molecule has 1 aliphatic heterocycles. The van der Waals surface area contributed by atoms with Crippen LogP contribution in [0, 0.1) is 0 Å². The van der Waals surface area contributed by atoms with Gasteiger partial charge in [-0.25, -0.2) is 0 Å². The SMILES string of the molecule is CN(C)Cc1ccccc1-c1ccc(C(=O)N2Cc3ccc(C(=O)NCc4cccnc4)n3Cc3ccccc32)cc1. The molecule has 5 aromatic rings. The van der Waals surface area contributed by atoms with E-state index in [0.29, 0.717) is 30.9 Å². The number of hydrogen-bond donors (Lipinski definition) is 1. The number of benzene rings is 3. The number of anilines is 1. The number of pyridine rings is 1. The number of carbonyl (C=O) groups excluding carboxylic acids is 2. The van der Waals surface area contributed by atoms with E-state index in [1.54, 1.807) is 12.4 Å². The van der Waals surface area contributed by atoms with Gasteiger partial charge in [0, 0.05) is 42.4 Å². The second-order valence-electron chi connectivity index (χ2n) is 10.8. The molecule has 3 heterocycles. The van der Waals surface area contributed by atoms with Crippen LogP contribution in [0.3, 0.4) is 0 Å². The van der Waals surface area contributed by atoms with Crippen molar-refractivity contribution >= 4 is 17.5 Å². The molecule has 7 heteroatoms. The molecule has 0 fully saturated rings. The maximum Gasteiger partial charge on any atom is 0.268 e. The molecule has 0 saturated carbocycles. The molecular formula is C35H33N5O2. The van der Waals surface area contributed by atoms with Crippen LogP contribution < -0.4 is 10.2 Å². The number of hydrogen-bond acceptors (Lipinski definition) is 4. The molecule has 0 radical (unpaired) electrons. The number of rotatable bonds is 7. The van der Waals surface area contributed by atoms with Crippen molar-refractivity contribution in [2.75, 3.05) is 19.0 Å². The topological polar surface area (TPSA) is 70.5 Å². The molecule has 0 bridgehead atoms. The molecular weight excluding hydrogens is 522 g/mol. The average molecular weight is 556 g/mol. The first-order valence-corrected chi connectivity index (χ1v) is 14.1. The van der Waals surface area contributed by atoms with E-state index in [-0.39, 0.29) is 11.8 Å². The first-order valence-electron chi connectivity index (χ1n) is 14.1. The summed E-state index contributed by atoms with van der Waals surface area (Å²) in [6.45, 7) is 2.09. The van der Waals surface area contributed by atoms with Crippen LogP contribution in [0.4, 0.5) is 5.69 Å². The molecule has 1 N–H and O–H groups in total. The van der Waals surface area contributed by atoms with Crippen LogP contribution in [0.15, 0.2) is 109 Å². The average Bonchev–Trinajstić information content (AvgIpc) is 3.33. The van der Waals surface area contributed by atoms with Crippen molar-refractivity contribution in [1.29, 1.82) is 0 Å². The highest BCUT2D eigenvalue weighted by atomic mass is 16.2. The fraction of sp³-hybridized carbons (Fsp3) is 0.171. The zero-order chi connectivity index (χ0) is 29.1. The maximum absolute atomic E-state index is 14.0. The largest absolute Gasteiger partial charge is 0.347 e. The van der Waals surface area contributed by atoms with E-state index in [1.165, 1.54) is 5.56 Å². The van der Waals surface area contributed by atoms with E-state index < -0.39 is 0 Å². The van der Waals surface area contributed by atoms with Gasteiger partial charge in [-0.3, -0.25) is 14.6 Å². The smallest absolute Gasteiger partial charge is 0.268 e. The first kappa shape index (κ1) is 27.2. The molecule has 42 heavy (non-hydrogen) atoms. The molecule has 2 amide bonds. The third kappa shape index (κ3) is 5.60. The van der Waals surface area contributed by atoms with Gasteiger partial charge in [0.15, 0.2) is 0 Å². The Balaban J connectivity index is 1.27. The van der Waals surface area contributed by atoms with Crippen LogP contribution in [-0.4, -0.2) is 40.4 Å². The molecule has 2 aromatic heterocycles. The van der Waals surface area contributed by atoms with Gasteiger partial charge in [-0.05, 0) is 78.3 Å². The molecule has 0 atom stereocenters. The summed E-state index contributed by atoms with van der Waals surface area (Å²) >= 11 is 0. The van der Waals surface area contributed by atoms with E-state index >= 15 is 0 Å². The van der Waals surface area contributed by atoms with Crippen LogP contribution in [0.1, 0.15) is 43.2 Å². The molecule has 0 saturated heterocycles. The Morgan fingerprint density at radius 2 is 1.64 bits per heavy atom.